The molecule has 2 bridgehead atoms. The molecule has 2 unspecified atom stereocenters. The summed E-state index contributed by atoms with van der Waals surface area (Å²) in [7, 11) is 1.67. The zero-order chi connectivity index (χ0) is 24.6. The van der Waals surface area contributed by atoms with Crippen molar-refractivity contribution in [3.8, 4) is 11.1 Å². The van der Waals surface area contributed by atoms with Crippen LogP contribution in [-0.4, -0.2) is 42.6 Å². The van der Waals surface area contributed by atoms with Crippen LogP contribution in [0.3, 0.4) is 0 Å². The topological polar surface area (TPSA) is 55.8 Å². The zero-order valence-electron chi connectivity index (χ0n) is 20.6. The fourth-order valence-electron chi connectivity index (χ4n) is 6.53. The van der Waals surface area contributed by atoms with E-state index in [1.165, 1.54) is 22.3 Å². The summed E-state index contributed by atoms with van der Waals surface area (Å²) in [5, 5.41) is 0. The summed E-state index contributed by atoms with van der Waals surface area (Å²) in [5.41, 5.74) is 6.69. The molecular formula is C31H31NO4. The Morgan fingerprint density at radius 1 is 0.833 bits per heavy atom. The number of methoxy groups -OCH3 is 1. The summed E-state index contributed by atoms with van der Waals surface area (Å²) in [6.45, 7) is 0.871. The maximum Gasteiger partial charge on any atom is 0.410 e. The highest BCUT2D eigenvalue weighted by atomic mass is 16.6. The monoisotopic (exact) mass is 481 g/mol. The Labute approximate surface area is 212 Å². The zero-order valence-corrected chi connectivity index (χ0v) is 20.6. The molecule has 2 fully saturated rings. The van der Waals surface area contributed by atoms with Crippen molar-refractivity contribution in [2.75, 3.05) is 13.7 Å². The quantitative estimate of drug-likeness (QED) is 0.393. The number of nitrogens with zero attached hydrogens (tertiary/aromatic N) is 1. The summed E-state index contributed by atoms with van der Waals surface area (Å²) < 4.78 is 11.1. The Morgan fingerprint density at radius 3 is 2.00 bits per heavy atom. The molecule has 0 aromatic heterocycles. The van der Waals surface area contributed by atoms with Crippen molar-refractivity contribution in [2.45, 2.75) is 50.3 Å². The van der Waals surface area contributed by atoms with Gasteiger partial charge >= 0.3 is 6.09 Å². The van der Waals surface area contributed by atoms with E-state index in [-0.39, 0.29) is 35.8 Å². The molecule has 2 saturated heterocycles. The molecule has 5 heteroatoms. The van der Waals surface area contributed by atoms with Crippen molar-refractivity contribution in [1.82, 2.24) is 4.90 Å². The highest BCUT2D eigenvalue weighted by Gasteiger charge is 2.46. The van der Waals surface area contributed by atoms with Gasteiger partial charge in [0.15, 0.2) is 5.78 Å². The number of rotatable bonds is 6. The van der Waals surface area contributed by atoms with Crippen LogP contribution < -0.4 is 0 Å². The molecule has 3 aliphatic rings. The minimum absolute atomic E-state index is 0.0478. The van der Waals surface area contributed by atoms with Crippen LogP contribution in [0.15, 0.2) is 72.8 Å². The van der Waals surface area contributed by atoms with E-state index in [0.29, 0.717) is 26.1 Å². The molecule has 0 N–H and O–H groups in total. The Kier molecular flexibility index (Phi) is 6.10. The number of hydrogen-bond acceptors (Lipinski definition) is 4. The fourth-order valence-corrected chi connectivity index (χ4v) is 6.53. The summed E-state index contributed by atoms with van der Waals surface area (Å²) in [5.74, 6) is 0.190. The van der Waals surface area contributed by atoms with E-state index >= 15 is 0 Å². The molecule has 6 rings (SSSR count). The third kappa shape index (κ3) is 4.01. The van der Waals surface area contributed by atoms with Crippen LogP contribution in [0.1, 0.15) is 58.6 Å². The molecule has 3 aromatic rings. The largest absolute Gasteiger partial charge is 0.448 e. The van der Waals surface area contributed by atoms with Gasteiger partial charge in [0.25, 0.3) is 0 Å². The molecule has 2 aliphatic heterocycles. The van der Waals surface area contributed by atoms with Gasteiger partial charge in [0.05, 0.1) is 6.61 Å². The summed E-state index contributed by atoms with van der Waals surface area (Å²) in [6.07, 6.45) is 3.05. The van der Waals surface area contributed by atoms with Crippen LogP contribution in [0, 0.1) is 5.92 Å². The van der Waals surface area contributed by atoms with Crippen molar-refractivity contribution in [3.63, 3.8) is 0 Å². The number of hydrogen-bond donors (Lipinski definition) is 0. The molecule has 1 aliphatic carbocycles. The molecule has 0 radical (unpaired) electrons. The second-order valence-corrected chi connectivity index (χ2v) is 10.3. The lowest BCUT2D eigenvalue weighted by Gasteiger charge is -2.37. The number of carbonyl (C=O) groups excluding carboxylic acids is 2. The van der Waals surface area contributed by atoms with Gasteiger partial charge in [-0.15, -0.1) is 0 Å². The SMILES string of the molecule is COCc1ccc(C(=O)C2CC3CCC(C2)N3C(=O)OCC2c3ccccc3-c3ccccc32)cc1. The predicted octanol–water partition coefficient (Wildman–Crippen LogP) is 6.21. The van der Waals surface area contributed by atoms with Crippen LogP contribution in [0.4, 0.5) is 4.79 Å². The first-order chi connectivity index (χ1) is 17.6. The lowest BCUT2D eigenvalue weighted by atomic mass is 9.85. The third-order valence-electron chi connectivity index (χ3n) is 8.20. The third-order valence-corrected chi connectivity index (χ3v) is 8.20. The Bertz CT molecular complexity index is 1220. The van der Waals surface area contributed by atoms with Crippen molar-refractivity contribution < 1.29 is 19.1 Å². The number of ether oxygens (including phenoxy) is 2. The first-order valence-corrected chi connectivity index (χ1v) is 12.9. The van der Waals surface area contributed by atoms with E-state index < -0.39 is 0 Å². The molecule has 184 valence electrons. The molecule has 1 amide bonds. The highest BCUT2D eigenvalue weighted by Crippen LogP contribution is 2.45. The molecule has 36 heavy (non-hydrogen) atoms. The van der Waals surface area contributed by atoms with Crippen molar-refractivity contribution >= 4 is 11.9 Å². The standard InChI is InChI=1S/C31H31NO4/c1-35-18-20-10-12-21(13-11-20)30(33)22-16-23-14-15-24(17-22)32(23)31(34)36-19-29-27-8-4-2-6-25(27)26-7-3-5-9-28(26)29/h2-13,22-24,29H,14-19H2,1H3. The highest BCUT2D eigenvalue weighted by molar-refractivity contribution is 5.98. The van der Waals surface area contributed by atoms with Gasteiger partial charge in [-0.1, -0.05) is 72.8 Å². The molecule has 2 atom stereocenters. The van der Waals surface area contributed by atoms with E-state index in [4.69, 9.17) is 9.47 Å². The van der Waals surface area contributed by atoms with Gasteiger partial charge in [-0.05, 0) is 53.5 Å². The molecular weight excluding hydrogens is 450 g/mol. The molecule has 0 saturated carbocycles. The van der Waals surface area contributed by atoms with Crippen molar-refractivity contribution in [1.29, 1.82) is 0 Å². The first-order valence-electron chi connectivity index (χ1n) is 12.9. The average molecular weight is 482 g/mol. The normalized spacial score (nSPS) is 22.2. The second kappa shape index (κ2) is 9.55. The number of benzene rings is 3. The average Bonchev–Trinajstić information content (AvgIpc) is 3.38. The number of Topliss-reactive ketones (excluding diaryl/α,β-unsaturated/α-hetero) is 1. The van der Waals surface area contributed by atoms with Crippen LogP contribution >= 0.6 is 0 Å². The van der Waals surface area contributed by atoms with Gasteiger partial charge in [-0.25, -0.2) is 4.79 Å². The van der Waals surface area contributed by atoms with Gasteiger partial charge < -0.3 is 14.4 Å². The van der Waals surface area contributed by atoms with Gasteiger partial charge in [0, 0.05) is 36.6 Å². The van der Waals surface area contributed by atoms with Crippen LogP contribution in [0.5, 0.6) is 0 Å². The van der Waals surface area contributed by atoms with E-state index in [9.17, 15) is 9.59 Å². The van der Waals surface area contributed by atoms with Gasteiger partial charge in [0.1, 0.15) is 6.61 Å². The van der Waals surface area contributed by atoms with Gasteiger partial charge in [0.2, 0.25) is 0 Å². The smallest absolute Gasteiger partial charge is 0.410 e. The Hall–Kier alpha value is -3.44. The van der Waals surface area contributed by atoms with Crippen LogP contribution in [-0.2, 0) is 16.1 Å². The summed E-state index contributed by atoms with van der Waals surface area (Å²) in [4.78, 5) is 28.5. The summed E-state index contributed by atoms with van der Waals surface area (Å²) >= 11 is 0. The van der Waals surface area contributed by atoms with Crippen molar-refractivity contribution in [3.05, 3.63) is 95.1 Å². The van der Waals surface area contributed by atoms with E-state index in [0.717, 1.165) is 24.0 Å². The number of piperidine rings is 1. The maximum atomic E-state index is 13.3. The van der Waals surface area contributed by atoms with Gasteiger partial charge in [-0.3, -0.25) is 4.79 Å². The number of ketones is 1. The maximum absolute atomic E-state index is 13.3. The Balaban J connectivity index is 1.12. The minimum Gasteiger partial charge on any atom is -0.448 e. The number of carbonyl (C=O) groups is 2. The van der Waals surface area contributed by atoms with E-state index in [2.05, 4.69) is 36.4 Å². The first kappa shape index (κ1) is 23.0. The Morgan fingerprint density at radius 2 is 1.42 bits per heavy atom. The molecule has 5 nitrogen and oxygen atoms in total. The van der Waals surface area contributed by atoms with Gasteiger partial charge in [-0.2, -0.15) is 0 Å². The number of fused-ring (bicyclic) bond motifs is 5. The van der Waals surface area contributed by atoms with Crippen LogP contribution in [0.2, 0.25) is 0 Å². The lowest BCUT2D eigenvalue weighted by molar-refractivity contribution is 0.0506. The number of amides is 1. The van der Waals surface area contributed by atoms with E-state index in [1.54, 1.807) is 7.11 Å². The predicted molar refractivity (Wildman–Crippen MR) is 138 cm³/mol. The lowest BCUT2D eigenvalue weighted by Crippen LogP contribution is -2.48. The summed E-state index contributed by atoms with van der Waals surface area (Å²) in [6, 6.07) is 24.6. The van der Waals surface area contributed by atoms with E-state index in [1.807, 2.05) is 41.3 Å². The van der Waals surface area contributed by atoms with Crippen molar-refractivity contribution in [2.24, 2.45) is 5.92 Å². The minimum atomic E-state index is -0.237. The molecule has 0 spiro atoms. The second-order valence-electron chi connectivity index (χ2n) is 10.3. The fraction of sp³-hybridized carbons (Fsp3) is 0.355. The molecule has 2 heterocycles. The van der Waals surface area contributed by atoms with Crippen LogP contribution in [0.25, 0.3) is 11.1 Å². The molecule has 3 aromatic carbocycles.